The van der Waals surface area contributed by atoms with Gasteiger partial charge >= 0.3 is 5.97 Å². The summed E-state index contributed by atoms with van der Waals surface area (Å²) in [6, 6.07) is 11.6. The number of ether oxygens (including phenoxy) is 1. The van der Waals surface area contributed by atoms with Crippen molar-refractivity contribution < 1.29 is 14.3 Å². The van der Waals surface area contributed by atoms with Crippen LogP contribution in [0, 0.1) is 0 Å². The van der Waals surface area contributed by atoms with Crippen LogP contribution in [0.2, 0.25) is 0 Å². The Labute approximate surface area is 179 Å². The number of pyridine rings is 2. The maximum Gasteiger partial charge on any atom is 0.345 e. The molecule has 2 aliphatic rings. The highest BCUT2D eigenvalue weighted by molar-refractivity contribution is 6.02. The summed E-state index contributed by atoms with van der Waals surface area (Å²) in [5.74, 6) is -1.02. The highest BCUT2D eigenvalue weighted by atomic mass is 16.6. The van der Waals surface area contributed by atoms with Crippen molar-refractivity contribution in [2.75, 3.05) is 13.1 Å². The van der Waals surface area contributed by atoms with Crippen LogP contribution in [-0.4, -0.2) is 39.4 Å². The first kappa shape index (κ1) is 19.5. The van der Waals surface area contributed by atoms with Crippen molar-refractivity contribution in [2.24, 2.45) is 0 Å². The topological polar surface area (TPSA) is 81.5 Å². The molecular weight excluding hydrogens is 394 g/mol. The average molecular weight is 417 g/mol. The number of hydrogen-bond acceptors (Lipinski definition) is 5. The van der Waals surface area contributed by atoms with Crippen molar-refractivity contribution in [1.82, 2.24) is 14.5 Å². The SMILES string of the molecule is CCN(CC)C(=O)C1(CC)OC(=O)c2c1cc1n(c2=O)Cc2cc3ccccc3nc2-1. The first-order valence-corrected chi connectivity index (χ1v) is 10.6. The van der Waals surface area contributed by atoms with Gasteiger partial charge in [0.1, 0.15) is 5.56 Å². The molecule has 0 saturated heterocycles. The minimum atomic E-state index is -1.48. The van der Waals surface area contributed by atoms with Gasteiger partial charge in [0.15, 0.2) is 0 Å². The lowest BCUT2D eigenvalue weighted by Gasteiger charge is -2.32. The van der Waals surface area contributed by atoms with Crippen LogP contribution >= 0.6 is 0 Å². The third kappa shape index (κ3) is 2.52. The Morgan fingerprint density at radius 2 is 1.90 bits per heavy atom. The van der Waals surface area contributed by atoms with Gasteiger partial charge in [-0.05, 0) is 38.5 Å². The summed E-state index contributed by atoms with van der Waals surface area (Å²) in [6.07, 6.45) is 0.252. The van der Waals surface area contributed by atoms with Crippen LogP contribution in [-0.2, 0) is 21.7 Å². The van der Waals surface area contributed by atoms with Crippen molar-refractivity contribution in [1.29, 1.82) is 0 Å². The minimum Gasteiger partial charge on any atom is -0.440 e. The lowest BCUT2D eigenvalue weighted by Crippen LogP contribution is -2.47. The van der Waals surface area contributed by atoms with E-state index in [4.69, 9.17) is 9.72 Å². The van der Waals surface area contributed by atoms with Crippen molar-refractivity contribution >= 4 is 22.8 Å². The summed E-state index contributed by atoms with van der Waals surface area (Å²) < 4.78 is 7.23. The zero-order valence-electron chi connectivity index (χ0n) is 17.8. The number of hydrogen-bond donors (Lipinski definition) is 0. The van der Waals surface area contributed by atoms with Gasteiger partial charge in [-0.1, -0.05) is 25.1 Å². The number of cyclic esters (lactones) is 1. The normalized spacial score (nSPS) is 18.5. The second-order valence-corrected chi connectivity index (χ2v) is 7.95. The predicted molar refractivity (Wildman–Crippen MR) is 116 cm³/mol. The van der Waals surface area contributed by atoms with Crippen molar-refractivity contribution in [3.8, 4) is 11.4 Å². The quantitative estimate of drug-likeness (QED) is 0.477. The van der Waals surface area contributed by atoms with E-state index in [-0.39, 0.29) is 17.9 Å². The summed E-state index contributed by atoms with van der Waals surface area (Å²) in [5, 5.41) is 0.994. The Kier molecular flexibility index (Phi) is 4.25. The molecule has 2 aromatic heterocycles. The van der Waals surface area contributed by atoms with E-state index in [0.29, 0.717) is 36.6 Å². The molecule has 31 heavy (non-hydrogen) atoms. The molecule has 0 bridgehead atoms. The maximum absolute atomic E-state index is 13.4. The van der Waals surface area contributed by atoms with E-state index >= 15 is 0 Å². The molecule has 1 aromatic carbocycles. The molecular formula is C24H23N3O4. The Hall–Kier alpha value is -3.48. The maximum atomic E-state index is 13.4. The van der Waals surface area contributed by atoms with Crippen LogP contribution in [0.4, 0.5) is 0 Å². The number of rotatable bonds is 4. The Bertz CT molecular complexity index is 1320. The molecule has 7 heteroatoms. The summed E-state index contributed by atoms with van der Waals surface area (Å²) in [4.78, 5) is 46.0. The lowest BCUT2D eigenvalue weighted by atomic mass is 9.88. The highest BCUT2D eigenvalue weighted by Gasteiger charge is 2.54. The van der Waals surface area contributed by atoms with E-state index in [0.717, 1.165) is 16.5 Å². The van der Waals surface area contributed by atoms with E-state index in [1.54, 1.807) is 22.5 Å². The number of fused-ring (bicyclic) bond motifs is 5. The van der Waals surface area contributed by atoms with E-state index in [2.05, 4.69) is 0 Å². The van der Waals surface area contributed by atoms with Crippen LogP contribution in [0.3, 0.4) is 0 Å². The lowest BCUT2D eigenvalue weighted by molar-refractivity contribution is -0.152. The minimum absolute atomic E-state index is 0.0385. The summed E-state index contributed by atoms with van der Waals surface area (Å²) in [7, 11) is 0. The molecule has 3 aromatic rings. The third-order valence-corrected chi connectivity index (χ3v) is 6.47. The standard InChI is InChI=1S/C24H23N3O4/c1-4-24(23(30)26(5-2)6-3)16-12-18-20-15(11-14-9-7-8-10-17(14)25-20)13-27(18)21(28)19(16)22(29)31-24/h7-12H,4-6,13H2,1-3H3. The van der Waals surface area contributed by atoms with Gasteiger partial charge in [0.05, 0.1) is 23.4 Å². The number of amides is 1. The molecule has 1 atom stereocenters. The number of carbonyl (C=O) groups excluding carboxylic acids is 2. The van der Waals surface area contributed by atoms with Crippen LogP contribution in [0.25, 0.3) is 22.3 Å². The molecule has 4 heterocycles. The third-order valence-electron chi connectivity index (χ3n) is 6.47. The molecule has 0 N–H and O–H groups in total. The number of esters is 1. The molecule has 1 amide bonds. The van der Waals surface area contributed by atoms with Gasteiger partial charge in [0.2, 0.25) is 5.60 Å². The van der Waals surface area contributed by atoms with Crippen molar-refractivity contribution in [3.63, 3.8) is 0 Å². The zero-order chi connectivity index (χ0) is 21.9. The van der Waals surface area contributed by atoms with Crippen LogP contribution < -0.4 is 5.56 Å². The summed E-state index contributed by atoms with van der Waals surface area (Å²) in [6.45, 7) is 6.88. The van der Waals surface area contributed by atoms with E-state index in [1.807, 2.05) is 44.2 Å². The first-order chi connectivity index (χ1) is 14.9. The van der Waals surface area contributed by atoms with Gasteiger partial charge in [0.25, 0.3) is 11.5 Å². The number of para-hydroxylation sites is 1. The second-order valence-electron chi connectivity index (χ2n) is 7.95. The van der Waals surface area contributed by atoms with E-state index < -0.39 is 17.1 Å². The van der Waals surface area contributed by atoms with Crippen molar-refractivity contribution in [3.05, 3.63) is 63.4 Å². The average Bonchev–Trinajstić information content (AvgIpc) is 3.28. The number of likely N-dealkylation sites (N-methyl/N-ethyl adjacent to an activating group) is 1. The van der Waals surface area contributed by atoms with Crippen molar-refractivity contribution in [2.45, 2.75) is 39.3 Å². The fraction of sp³-hybridized carbons (Fsp3) is 0.333. The summed E-state index contributed by atoms with van der Waals surface area (Å²) >= 11 is 0. The molecule has 0 radical (unpaired) electrons. The van der Waals surface area contributed by atoms with Gasteiger partial charge in [-0.25, -0.2) is 9.78 Å². The van der Waals surface area contributed by atoms with Crippen LogP contribution in [0.15, 0.2) is 41.2 Å². The number of nitrogens with zero attached hydrogens (tertiary/aromatic N) is 3. The second kappa shape index (κ2) is 6.77. The van der Waals surface area contributed by atoms with Gasteiger partial charge in [-0.3, -0.25) is 9.59 Å². The molecule has 0 aliphatic carbocycles. The Balaban J connectivity index is 1.76. The van der Waals surface area contributed by atoms with Crippen LogP contribution in [0.1, 0.15) is 48.7 Å². The molecule has 7 nitrogen and oxygen atoms in total. The fourth-order valence-corrected chi connectivity index (χ4v) is 4.79. The first-order valence-electron chi connectivity index (χ1n) is 10.6. The Morgan fingerprint density at radius 3 is 2.61 bits per heavy atom. The molecule has 0 fully saturated rings. The van der Waals surface area contributed by atoms with E-state index in [1.165, 1.54) is 0 Å². The molecule has 2 aliphatic heterocycles. The number of aromatic nitrogens is 2. The van der Waals surface area contributed by atoms with Gasteiger partial charge in [-0.2, -0.15) is 0 Å². The largest absolute Gasteiger partial charge is 0.440 e. The molecule has 1 unspecified atom stereocenters. The highest BCUT2D eigenvalue weighted by Crippen LogP contribution is 2.42. The molecule has 5 rings (SSSR count). The van der Waals surface area contributed by atoms with E-state index in [9.17, 15) is 14.4 Å². The number of benzene rings is 1. The van der Waals surface area contributed by atoms with Gasteiger partial charge in [0, 0.05) is 29.6 Å². The number of carbonyl (C=O) groups is 2. The van der Waals surface area contributed by atoms with Gasteiger partial charge in [-0.15, -0.1) is 0 Å². The Morgan fingerprint density at radius 1 is 1.16 bits per heavy atom. The zero-order valence-corrected chi connectivity index (χ0v) is 17.8. The molecule has 0 spiro atoms. The monoisotopic (exact) mass is 417 g/mol. The molecule has 158 valence electrons. The molecule has 0 saturated carbocycles. The van der Waals surface area contributed by atoms with Gasteiger partial charge < -0.3 is 14.2 Å². The predicted octanol–water partition coefficient (Wildman–Crippen LogP) is 3.07. The fourth-order valence-electron chi connectivity index (χ4n) is 4.79. The smallest absolute Gasteiger partial charge is 0.345 e. The van der Waals surface area contributed by atoms with Crippen LogP contribution in [0.5, 0.6) is 0 Å². The summed E-state index contributed by atoms with van der Waals surface area (Å²) in [5.41, 5.74) is 1.49.